The molecule has 0 aliphatic carbocycles. The maximum atomic E-state index is 4.64. The van der Waals surface area contributed by atoms with Crippen LogP contribution < -0.4 is 10.2 Å². The van der Waals surface area contributed by atoms with Gasteiger partial charge in [-0.2, -0.15) is 0 Å². The fraction of sp³-hybridized carbons (Fsp3) is 0.786. The number of aromatic nitrogens is 1. The zero-order valence-corrected chi connectivity index (χ0v) is 12.4. The third-order valence-corrected chi connectivity index (χ3v) is 4.72. The van der Waals surface area contributed by atoms with E-state index >= 15 is 0 Å². The summed E-state index contributed by atoms with van der Waals surface area (Å²) in [6.45, 7) is 7.61. The smallest absolute Gasteiger partial charge is 0.185 e. The van der Waals surface area contributed by atoms with Gasteiger partial charge in [-0.3, -0.25) is 0 Å². The Hall–Kier alpha value is -0.610. The highest BCUT2D eigenvalue weighted by molar-refractivity contribution is 7.15. The van der Waals surface area contributed by atoms with E-state index in [1.807, 2.05) is 17.5 Å². The highest BCUT2D eigenvalue weighted by Gasteiger charge is 2.21. The highest BCUT2D eigenvalue weighted by Crippen LogP contribution is 2.29. The van der Waals surface area contributed by atoms with E-state index in [0.29, 0.717) is 6.04 Å². The lowest BCUT2D eigenvalue weighted by Gasteiger charge is -2.28. The van der Waals surface area contributed by atoms with Crippen molar-refractivity contribution in [3.8, 4) is 0 Å². The van der Waals surface area contributed by atoms with Gasteiger partial charge in [-0.1, -0.05) is 26.7 Å². The van der Waals surface area contributed by atoms with Crippen molar-refractivity contribution >= 4 is 16.5 Å². The number of anilines is 1. The van der Waals surface area contributed by atoms with Gasteiger partial charge in [-0.15, -0.1) is 11.3 Å². The van der Waals surface area contributed by atoms with Crippen molar-refractivity contribution in [1.29, 1.82) is 0 Å². The number of nitrogens with zero attached hydrogens (tertiary/aromatic N) is 2. The molecule has 1 aliphatic heterocycles. The normalized spacial score (nSPS) is 21.0. The second-order valence-electron chi connectivity index (χ2n) is 4.99. The molecule has 4 heteroatoms. The summed E-state index contributed by atoms with van der Waals surface area (Å²) in [7, 11) is 0. The number of hydrogen-bond acceptors (Lipinski definition) is 4. The van der Waals surface area contributed by atoms with Gasteiger partial charge < -0.3 is 10.2 Å². The fourth-order valence-corrected chi connectivity index (χ4v) is 3.59. The van der Waals surface area contributed by atoms with Gasteiger partial charge in [0.05, 0.1) is 0 Å². The molecule has 1 unspecified atom stereocenters. The van der Waals surface area contributed by atoms with Gasteiger partial charge in [0.2, 0.25) is 0 Å². The van der Waals surface area contributed by atoms with Crippen LogP contribution in [0.3, 0.4) is 0 Å². The molecule has 18 heavy (non-hydrogen) atoms. The summed E-state index contributed by atoms with van der Waals surface area (Å²) in [6, 6.07) is 0.700. The van der Waals surface area contributed by atoms with Gasteiger partial charge in [0.15, 0.2) is 5.13 Å². The Morgan fingerprint density at radius 2 is 2.28 bits per heavy atom. The molecule has 1 N–H and O–H groups in total. The van der Waals surface area contributed by atoms with E-state index in [1.54, 1.807) is 0 Å². The SMILES string of the molecule is CCNCc1cnc(N2CCCCCC2CC)s1. The first kappa shape index (κ1) is 13.8. The highest BCUT2D eigenvalue weighted by atomic mass is 32.1. The lowest BCUT2D eigenvalue weighted by molar-refractivity contribution is 0.555. The third kappa shape index (κ3) is 3.45. The van der Waals surface area contributed by atoms with Gasteiger partial charge in [0, 0.05) is 30.2 Å². The Bertz CT molecular complexity index is 351. The molecular formula is C14H25N3S. The average molecular weight is 267 g/mol. The minimum Gasteiger partial charge on any atom is -0.345 e. The zero-order valence-electron chi connectivity index (χ0n) is 11.6. The molecule has 0 aromatic carbocycles. The van der Waals surface area contributed by atoms with Crippen LogP contribution >= 0.6 is 11.3 Å². The summed E-state index contributed by atoms with van der Waals surface area (Å²) >= 11 is 1.86. The summed E-state index contributed by atoms with van der Waals surface area (Å²) in [6.07, 6.45) is 8.69. The molecule has 1 aromatic heterocycles. The van der Waals surface area contributed by atoms with Crippen molar-refractivity contribution in [3.63, 3.8) is 0 Å². The second kappa shape index (κ2) is 7.10. The van der Waals surface area contributed by atoms with E-state index in [-0.39, 0.29) is 0 Å². The van der Waals surface area contributed by atoms with Crippen LogP contribution in [0.15, 0.2) is 6.20 Å². The molecule has 0 amide bonds. The maximum Gasteiger partial charge on any atom is 0.185 e. The van der Waals surface area contributed by atoms with Crippen molar-refractivity contribution in [3.05, 3.63) is 11.1 Å². The Labute approximate surface area is 115 Å². The van der Waals surface area contributed by atoms with Crippen LogP contribution in [0, 0.1) is 0 Å². The van der Waals surface area contributed by atoms with Crippen molar-refractivity contribution in [2.24, 2.45) is 0 Å². The van der Waals surface area contributed by atoms with E-state index in [9.17, 15) is 0 Å². The van der Waals surface area contributed by atoms with Crippen molar-refractivity contribution in [1.82, 2.24) is 10.3 Å². The summed E-state index contributed by atoms with van der Waals surface area (Å²) in [5.41, 5.74) is 0. The first-order chi connectivity index (χ1) is 8.85. The molecule has 1 aliphatic rings. The first-order valence-corrected chi connectivity index (χ1v) is 8.08. The molecule has 0 radical (unpaired) electrons. The molecule has 1 atom stereocenters. The summed E-state index contributed by atoms with van der Waals surface area (Å²) in [5, 5.41) is 4.60. The Morgan fingerprint density at radius 3 is 3.06 bits per heavy atom. The maximum absolute atomic E-state index is 4.64. The minimum absolute atomic E-state index is 0.700. The standard InChI is InChI=1S/C14H25N3S/c1-3-12-8-6-5-7-9-17(12)14-16-11-13(18-14)10-15-4-2/h11-12,15H,3-10H2,1-2H3. The molecule has 1 fully saturated rings. The summed E-state index contributed by atoms with van der Waals surface area (Å²) in [4.78, 5) is 8.54. The predicted octanol–water partition coefficient (Wildman–Crippen LogP) is 3.41. The molecule has 102 valence electrons. The van der Waals surface area contributed by atoms with E-state index in [0.717, 1.165) is 13.1 Å². The van der Waals surface area contributed by atoms with Crippen LogP contribution in [-0.2, 0) is 6.54 Å². The van der Waals surface area contributed by atoms with Crippen molar-refractivity contribution < 1.29 is 0 Å². The molecule has 1 saturated heterocycles. The Balaban J connectivity index is 2.05. The molecule has 0 bridgehead atoms. The summed E-state index contributed by atoms with van der Waals surface area (Å²) in [5.74, 6) is 0. The monoisotopic (exact) mass is 267 g/mol. The predicted molar refractivity (Wildman–Crippen MR) is 79.4 cm³/mol. The van der Waals surface area contributed by atoms with Crippen LogP contribution in [-0.4, -0.2) is 24.1 Å². The number of nitrogens with one attached hydrogen (secondary N) is 1. The van der Waals surface area contributed by atoms with Crippen LogP contribution in [0.4, 0.5) is 5.13 Å². The lowest BCUT2D eigenvalue weighted by atomic mass is 10.1. The molecule has 3 nitrogen and oxygen atoms in total. The number of hydrogen-bond donors (Lipinski definition) is 1. The van der Waals surface area contributed by atoms with E-state index < -0.39 is 0 Å². The third-order valence-electron chi connectivity index (χ3n) is 3.68. The van der Waals surface area contributed by atoms with Gasteiger partial charge >= 0.3 is 0 Å². The second-order valence-corrected chi connectivity index (χ2v) is 6.09. The van der Waals surface area contributed by atoms with Gasteiger partial charge in [0.25, 0.3) is 0 Å². The van der Waals surface area contributed by atoms with Crippen LogP contribution in [0.1, 0.15) is 50.8 Å². The Kier molecular flexibility index (Phi) is 5.45. The Morgan fingerprint density at radius 1 is 1.39 bits per heavy atom. The molecule has 1 aromatic rings. The lowest BCUT2D eigenvalue weighted by Crippen LogP contribution is -2.34. The fourth-order valence-electron chi connectivity index (χ4n) is 2.61. The zero-order chi connectivity index (χ0) is 12.8. The quantitative estimate of drug-likeness (QED) is 0.886. The summed E-state index contributed by atoms with van der Waals surface area (Å²) < 4.78 is 0. The van der Waals surface area contributed by atoms with Crippen LogP contribution in [0.5, 0.6) is 0 Å². The van der Waals surface area contributed by atoms with Crippen LogP contribution in [0.2, 0.25) is 0 Å². The van der Waals surface area contributed by atoms with E-state index in [2.05, 4.69) is 29.0 Å². The molecule has 0 saturated carbocycles. The molecule has 0 spiro atoms. The van der Waals surface area contributed by atoms with Crippen molar-refractivity contribution in [2.75, 3.05) is 18.0 Å². The average Bonchev–Trinajstić information content (AvgIpc) is 2.73. The topological polar surface area (TPSA) is 28.2 Å². The van der Waals surface area contributed by atoms with Crippen LogP contribution in [0.25, 0.3) is 0 Å². The molecular weight excluding hydrogens is 242 g/mol. The van der Waals surface area contributed by atoms with E-state index in [1.165, 1.54) is 48.7 Å². The largest absolute Gasteiger partial charge is 0.345 e. The number of rotatable bonds is 5. The first-order valence-electron chi connectivity index (χ1n) is 7.27. The number of thiazole rings is 1. The molecule has 2 rings (SSSR count). The van der Waals surface area contributed by atoms with E-state index in [4.69, 9.17) is 0 Å². The minimum atomic E-state index is 0.700. The van der Waals surface area contributed by atoms with Gasteiger partial charge in [-0.05, 0) is 25.8 Å². The van der Waals surface area contributed by atoms with Crippen molar-refractivity contribution in [2.45, 2.75) is 58.5 Å². The molecule has 2 heterocycles. The van der Waals surface area contributed by atoms with Gasteiger partial charge in [-0.25, -0.2) is 4.98 Å². The van der Waals surface area contributed by atoms with Gasteiger partial charge in [0.1, 0.15) is 0 Å².